The number of aromatic nitrogens is 1. The highest BCUT2D eigenvalue weighted by Crippen LogP contribution is 2.14. The predicted octanol–water partition coefficient (Wildman–Crippen LogP) is 4.92. The fourth-order valence-electron chi connectivity index (χ4n) is 2.93. The van der Waals surface area contributed by atoms with Crippen LogP contribution in [0.3, 0.4) is 0 Å². The first kappa shape index (κ1) is 16.6. The quantitative estimate of drug-likeness (QED) is 0.527. The third-order valence-electron chi connectivity index (χ3n) is 4.25. The summed E-state index contributed by atoms with van der Waals surface area (Å²) < 4.78 is 1.18. The van der Waals surface area contributed by atoms with Gasteiger partial charge in [0, 0.05) is 11.5 Å². The lowest BCUT2D eigenvalue weighted by Gasteiger charge is -2.10. The van der Waals surface area contributed by atoms with Crippen LogP contribution < -0.4 is 5.43 Å². The summed E-state index contributed by atoms with van der Waals surface area (Å²) in [6.07, 6.45) is 10.8. The average molecular weight is 301 g/mol. The molecule has 0 atom stereocenters. The van der Waals surface area contributed by atoms with E-state index in [1.54, 1.807) is 18.2 Å². The van der Waals surface area contributed by atoms with Crippen molar-refractivity contribution in [3.05, 3.63) is 46.2 Å². The normalized spacial score (nSPS) is 11.1. The standard InChI is InChI=1S/C19H27NO2/c1-2-3-4-5-6-7-8-9-12-16-15-19(21)17-13-10-11-14-18(17)20(16)22/h10-11,13-15,22H,2-9,12H2,1H3. The van der Waals surface area contributed by atoms with Gasteiger partial charge in [-0.25, -0.2) is 0 Å². The van der Waals surface area contributed by atoms with Crippen LogP contribution in [0.5, 0.6) is 0 Å². The number of benzene rings is 1. The van der Waals surface area contributed by atoms with Gasteiger partial charge < -0.3 is 5.21 Å². The molecule has 0 aliphatic rings. The van der Waals surface area contributed by atoms with Crippen LogP contribution in [0.2, 0.25) is 0 Å². The summed E-state index contributed by atoms with van der Waals surface area (Å²) in [4.78, 5) is 12.1. The van der Waals surface area contributed by atoms with E-state index in [-0.39, 0.29) is 5.43 Å². The molecule has 0 amide bonds. The topological polar surface area (TPSA) is 42.2 Å². The highest BCUT2D eigenvalue weighted by molar-refractivity contribution is 5.78. The average Bonchev–Trinajstić information content (AvgIpc) is 2.54. The molecular formula is C19H27NO2. The van der Waals surface area contributed by atoms with Crippen LogP contribution in [0.4, 0.5) is 0 Å². The first-order valence-electron chi connectivity index (χ1n) is 8.57. The summed E-state index contributed by atoms with van der Waals surface area (Å²) >= 11 is 0. The molecule has 120 valence electrons. The van der Waals surface area contributed by atoms with Crippen molar-refractivity contribution in [3.63, 3.8) is 0 Å². The van der Waals surface area contributed by atoms with Gasteiger partial charge in [-0.15, -0.1) is 0 Å². The largest absolute Gasteiger partial charge is 0.428 e. The molecule has 2 rings (SSSR count). The number of rotatable bonds is 9. The molecule has 0 saturated heterocycles. The van der Waals surface area contributed by atoms with Crippen molar-refractivity contribution >= 4 is 10.9 Å². The molecule has 0 fully saturated rings. The van der Waals surface area contributed by atoms with Crippen molar-refractivity contribution in [3.8, 4) is 0 Å². The monoisotopic (exact) mass is 301 g/mol. The third kappa shape index (κ3) is 4.36. The zero-order valence-corrected chi connectivity index (χ0v) is 13.6. The minimum absolute atomic E-state index is 0.00420. The van der Waals surface area contributed by atoms with E-state index in [1.807, 2.05) is 12.1 Å². The van der Waals surface area contributed by atoms with E-state index in [0.717, 1.165) is 25.0 Å². The predicted molar refractivity (Wildman–Crippen MR) is 91.7 cm³/mol. The van der Waals surface area contributed by atoms with E-state index in [4.69, 9.17) is 0 Å². The van der Waals surface area contributed by atoms with Crippen LogP contribution in [0.1, 0.15) is 64.0 Å². The van der Waals surface area contributed by atoms with Crippen LogP contribution >= 0.6 is 0 Å². The molecule has 0 aliphatic heterocycles. The number of pyridine rings is 1. The lowest BCUT2D eigenvalue weighted by molar-refractivity contribution is 0.187. The summed E-state index contributed by atoms with van der Waals surface area (Å²) in [5.41, 5.74) is 1.31. The van der Waals surface area contributed by atoms with Gasteiger partial charge in [-0.1, -0.05) is 64.0 Å². The van der Waals surface area contributed by atoms with Gasteiger partial charge in [-0.05, 0) is 25.0 Å². The summed E-state index contributed by atoms with van der Waals surface area (Å²) in [6.45, 7) is 2.23. The minimum atomic E-state index is -0.00420. The first-order valence-corrected chi connectivity index (χ1v) is 8.57. The second kappa shape index (κ2) is 8.62. The van der Waals surface area contributed by atoms with Gasteiger partial charge in [-0.3, -0.25) is 4.79 Å². The van der Waals surface area contributed by atoms with Gasteiger partial charge in [0.2, 0.25) is 0 Å². The van der Waals surface area contributed by atoms with E-state index in [2.05, 4.69) is 6.92 Å². The maximum absolute atomic E-state index is 12.1. The van der Waals surface area contributed by atoms with Crippen molar-refractivity contribution in [1.29, 1.82) is 0 Å². The van der Waals surface area contributed by atoms with Gasteiger partial charge in [0.1, 0.15) is 0 Å². The SMILES string of the molecule is CCCCCCCCCCc1cc(=O)c2ccccc2n1O. The Balaban J connectivity index is 1.85. The van der Waals surface area contributed by atoms with Crippen LogP contribution in [0.15, 0.2) is 35.1 Å². The Bertz CT molecular complexity index is 645. The van der Waals surface area contributed by atoms with Crippen molar-refractivity contribution in [2.45, 2.75) is 64.7 Å². The molecule has 0 aliphatic carbocycles. The molecule has 0 bridgehead atoms. The maximum atomic E-state index is 12.1. The Morgan fingerprint density at radius 3 is 2.32 bits per heavy atom. The number of hydrogen-bond acceptors (Lipinski definition) is 2. The van der Waals surface area contributed by atoms with Crippen molar-refractivity contribution in [2.75, 3.05) is 0 Å². The molecule has 3 nitrogen and oxygen atoms in total. The molecule has 0 unspecified atom stereocenters. The van der Waals surface area contributed by atoms with Crippen LogP contribution in [-0.4, -0.2) is 9.94 Å². The second-order valence-corrected chi connectivity index (χ2v) is 6.05. The fraction of sp³-hybridized carbons (Fsp3) is 0.526. The first-order chi connectivity index (χ1) is 10.7. The van der Waals surface area contributed by atoms with Crippen molar-refractivity contribution in [2.24, 2.45) is 0 Å². The van der Waals surface area contributed by atoms with E-state index in [1.165, 1.54) is 43.3 Å². The Labute approximate surface area is 132 Å². The zero-order chi connectivity index (χ0) is 15.8. The fourth-order valence-corrected chi connectivity index (χ4v) is 2.93. The minimum Gasteiger partial charge on any atom is -0.428 e. The van der Waals surface area contributed by atoms with Crippen LogP contribution in [-0.2, 0) is 6.42 Å². The van der Waals surface area contributed by atoms with E-state index in [9.17, 15) is 10.0 Å². The van der Waals surface area contributed by atoms with Crippen LogP contribution in [0, 0.1) is 0 Å². The lowest BCUT2D eigenvalue weighted by atomic mass is 10.1. The zero-order valence-electron chi connectivity index (χ0n) is 13.6. The molecule has 1 N–H and O–H groups in total. The van der Waals surface area contributed by atoms with Gasteiger partial charge in [0.05, 0.1) is 11.2 Å². The Morgan fingerprint density at radius 2 is 1.59 bits per heavy atom. The third-order valence-corrected chi connectivity index (χ3v) is 4.25. The summed E-state index contributed by atoms with van der Waals surface area (Å²) in [7, 11) is 0. The molecular weight excluding hydrogens is 274 g/mol. The molecule has 1 aromatic carbocycles. The van der Waals surface area contributed by atoms with E-state index >= 15 is 0 Å². The summed E-state index contributed by atoms with van der Waals surface area (Å²) in [6, 6.07) is 8.78. The number of hydrogen-bond donors (Lipinski definition) is 1. The summed E-state index contributed by atoms with van der Waals surface area (Å²) in [5.74, 6) is 0. The van der Waals surface area contributed by atoms with Crippen LogP contribution in [0.25, 0.3) is 10.9 Å². The number of unbranched alkanes of at least 4 members (excludes halogenated alkanes) is 7. The smallest absolute Gasteiger partial charge is 0.189 e. The number of aryl methyl sites for hydroxylation is 1. The maximum Gasteiger partial charge on any atom is 0.189 e. The molecule has 0 radical (unpaired) electrons. The highest BCUT2D eigenvalue weighted by atomic mass is 16.5. The van der Waals surface area contributed by atoms with Gasteiger partial charge in [0.15, 0.2) is 5.43 Å². The van der Waals surface area contributed by atoms with Gasteiger partial charge in [0.25, 0.3) is 0 Å². The number of nitrogens with zero attached hydrogens (tertiary/aromatic N) is 1. The Morgan fingerprint density at radius 1 is 0.955 bits per heavy atom. The van der Waals surface area contributed by atoms with Gasteiger partial charge >= 0.3 is 0 Å². The van der Waals surface area contributed by atoms with E-state index < -0.39 is 0 Å². The summed E-state index contributed by atoms with van der Waals surface area (Å²) in [5, 5.41) is 10.8. The Hall–Kier alpha value is -1.77. The molecule has 0 saturated carbocycles. The van der Waals surface area contributed by atoms with E-state index in [0.29, 0.717) is 10.9 Å². The molecule has 3 heteroatoms. The molecule has 0 spiro atoms. The lowest BCUT2D eigenvalue weighted by Crippen LogP contribution is -2.12. The molecule has 1 aromatic heterocycles. The van der Waals surface area contributed by atoms with Crippen molar-refractivity contribution < 1.29 is 5.21 Å². The number of fused-ring (bicyclic) bond motifs is 1. The molecule has 22 heavy (non-hydrogen) atoms. The molecule has 1 heterocycles. The van der Waals surface area contributed by atoms with Gasteiger partial charge in [-0.2, -0.15) is 4.73 Å². The highest BCUT2D eigenvalue weighted by Gasteiger charge is 2.07. The second-order valence-electron chi connectivity index (χ2n) is 6.05. The Kier molecular flexibility index (Phi) is 6.50. The van der Waals surface area contributed by atoms with Crippen molar-refractivity contribution in [1.82, 2.24) is 4.73 Å². The molecule has 2 aromatic rings. The number of para-hydroxylation sites is 1.